The molecule has 0 radical (unpaired) electrons. The smallest absolute Gasteiger partial charge is 0.385 e. The third kappa shape index (κ3) is 5.20. The van der Waals surface area contributed by atoms with Crippen LogP contribution < -0.4 is 5.69 Å². The molecule has 4 aromatic rings. The van der Waals surface area contributed by atoms with E-state index in [1.165, 1.54) is 35.9 Å². The molecule has 0 spiro atoms. The van der Waals surface area contributed by atoms with Crippen molar-refractivity contribution in [1.29, 1.82) is 0 Å². The molecule has 2 heterocycles. The van der Waals surface area contributed by atoms with E-state index >= 15 is 0 Å². The van der Waals surface area contributed by atoms with Crippen molar-refractivity contribution in [1.82, 2.24) is 29.1 Å². The van der Waals surface area contributed by atoms with Gasteiger partial charge in [0.1, 0.15) is 12.6 Å². The lowest BCUT2D eigenvalue weighted by Crippen LogP contribution is -2.37. The molecule has 0 fully saturated rings. The second-order valence-corrected chi connectivity index (χ2v) is 8.64. The number of aryl methyl sites for hydroxylation is 1. The molecule has 13 heteroatoms. The third-order valence-electron chi connectivity index (χ3n) is 5.44. The SMILES string of the molecule is Cc1ccccc1-n1nc(Cn2nc(-c3ccc(Cl)cc3)n(C[C@H](O)C(F)(F)F)c2=O)nc1C(C)O. The van der Waals surface area contributed by atoms with Crippen molar-refractivity contribution in [2.75, 3.05) is 0 Å². The Labute approximate surface area is 208 Å². The maximum absolute atomic E-state index is 13.1. The van der Waals surface area contributed by atoms with E-state index in [0.717, 1.165) is 14.8 Å². The summed E-state index contributed by atoms with van der Waals surface area (Å²) >= 11 is 5.91. The summed E-state index contributed by atoms with van der Waals surface area (Å²) in [6, 6.07) is 13.3. The Kier molecular flexibility index (Phi) is 7.03. The molecule has 0 aliphatic carbocycles. The summed E-state index contributed by atoms with van der Waals surface area (Å²) < 4.78 is 42.3. The van der Waals surface area contributed by atoms with Crippen molar-refractivity contribution in [2.45, 2.75) is 45.3 Å². The van der Waals surface area contributed by atoms with E-state index in [-0.39, 0.29) is 24.0 Å². The molecular weight excluding hydrogens is 501 g/mol. The summed E-state index contributed by atoms with van der Waals surface area (Å²) in [7, 11) is 0. The molecule has 0 aliphatic rings. The van der Waals surface area contributed by atoms with E-state index in [4.69, 9.17) is 11.6 Å². The molecule has 36 heavy (non-hydrogen) atoms. The molecule has 2 atom stereocenters. The zero-order valence-corrected chi connectivity index (χ0v) is 19.9. The van der Waals surface area contributed by atoms with Crippen molar-refractivity contribution in [3.63, 3.8) is 0 Å². The Morgan fingerprint density at radius 1 is 1.06 bits per heavy atom. The number of hydrogen-bond donors (Lipinski definition) is 2. The zero-order valence-electron chi connectivity index (χ0n) is 19.2. The van der Waals surface area contributed by atoms with E-state index in [0.29, 0.717) is 16.3 Å². The fraction of sp³-hybridized carbons (Fsp3) is 0.304. The lowest BCUT2D eigenvalue weighted by Gasteiger charge is -2.15. The van der Waals surface area contributed by atoms with Crippen LogP contribution in [0.4, 0.5) is 13.2 Å². The first kappa shape index (κ1) is 25.6. The van der Waals surface area contributed by atoms with Gasteiger partial charge in [0.15, 0.2) is 23.6 Å². The topological polar surface area (TPSA) is 111 Å². The van der Waals surface area contributed by atoms with Crippen molar-refractivity contribution < 1.29 is 23.4 Å². The Hall–Kier alpha value is -3.48. The van der Waals surface area contributed by atoms with Gasteiger partial charge in [-0.25, -0.2) is 19.1 Å². The summed E-state index contributed by atoms with van der Waals surface area (Å²) in [5.41, 5.74) is 0.963. The lowest BCUT2D eigenvalue weighted by atomic mass is 10.2. The van der Waals surface area contributed by atoms with Crippen molar-refractivity contribution in [3.05, 3.63) is 81.3 Å². The van der Waals surface area contributed by atoms with Crippen LogP contribution in [-0.4, -0.2) is 51.6 Å². The lowest BCUT2D eigenvalue weighted by molar-refractivity contribution is -0.207. The maximum Gasteiger partial charge on any atom is 0.416 e. The number of aliphatic hydroxyl groups is 2. The number of alkyl halides is 3. The second kappa shape index (κ2) is 9.88. The number of hydrogen-bond acceptors (Lipinski definition) is 6. The van der Waals surface area contributed by atoms with Crippen LogP contribution in [0.25, 0.3) is 17.1 Å². The third-order valence-corrected chi connectivity index (χ3v) is 5.70. The predicted molar refractivity (Wildman–Crippen MR) is 125 cm³/mol. The molecule has 2 aromatic heterocycles. The molecule has 9 nitrogen and oxygen atoms in total. The minimum atomic E-state index is -4.93. The Balaban J connectivity index is 1.78. The van der Waals surface area contributed by atoms with Gasteiger partial charge < -0.3 is 10.2 Å². The van der Waals surface area contributed by atoms with Gasteiger partial charge in [0.05, 0.1) is 12.2 Å². The number of halogens is 4. The normalized spacial score (nSPS) is 13.7. The molecule has 2 aromatic carbocycles. The number of nitrogens with zero attached hydrogens (tertiary/aromatic N) is 6. The van der Waals surface area contributed by atoms with E-state index in [2.05, 4.69) is 15.2 Å². The first-order chi connectivity index (χ1) is 17.0. The number of para-hydroxylation sites is 1. The van der Waals surface area contributed by atoms with Gasteiger partial charge in [0, 0.05) is 10.6 Å². The monoisotopic (exact) mass is 522 g/mol. The number of aromatic nitrogens is 6. The van der Waals surface area contributed by atoms with Crippen molar-refractivity contribution in [2.24, 2.45) is 0 Å². The first-order valence-electron chi connectivity index (χ1n) is 10.8. The minimum absolute atomic E-state index is 0.0888. The second-order valence-electron chi connectivity index (χ2n) is 8.20. The highest BCUT2D eigenvalue weighted by molar-refractivity contribution is 6.30. The molecule has 0 bridgehead atoms. The highest BCUT2D eigenvalue weighted by Gasteiger charge is 2.39. The highest BCUT2D eigenvalue weighted by atomic mass is 35.5. The van der Waals surface area contributed by atoms with Crippen molar-refractivity contribution in [3.8, 4) is 17.1 Å². The fourth-order valence-electron chi connectivity index (χ4n) is 3.62. The molecular formula is C23H22ClF3N6O3. The van der Waals surface area contributed by atoms with Gasteiger partial charge in [-0.05, 0) is 49.7 Å². The quantitative estimate of drug-likeness (QED) is 0.385. The predicted octanol–water partition coefficient (Wildman–Crippen LogP) is 3.28. The van der Waals surface area contributed by atoms with Crippen LogP contribution in [0.15, 0.2) is 53.3 Å². The van der Waals surface area contributed by atoms with Crippen LogP contribution in [0.3, 0.4) is 0 Å². The summed E-state index contributed by atoms with van der Waals surface area (Å²) in [4.78, 5) is 17.4. The van der Waals surface area contributed by atoms with E-state index in [1.807, 2.05) is 19.1 Å². The number of benzene rings is 2. The van der Waals surface area contributed by atoms with E-state index in [9.17, 15) is 28.2 Å². The first-order valence-corrected chi connectivity index (χ1v) is 11.2. The summed E-state index contributed by atoms with van der Waals surface area (Å²) in [6.45, 7) is 2.04. The molecule has 0 saturated heterocycles. The van der Waals surface area contributed by atoms with Crippen LogP contribution in [0.1, 0.15) is 30.2 Å². The maximum atomic E-state index is 13.1. The molecule has 0 aliphatic heterocycles. The average Bonchev–Trinajstić information content (AvgIpc) is 3.36. The number of rotatable bonds is 7. The van der Waals surface area contributed by atoms with Crippen LogP contribution >= 0.6 is 11.6 Å². The Morgan fingerprint density at radius 2 is 1.72 bits per heavy atom. The van der Waals surface area contributed by atoms with Gasteiger partial charge in [-0.1, -0.05) is 29.8 Å². The molecule has 4 rings (SSSR count). The van der Waals surface area contributed by atoms with Gasteiger partial charge in [-0.3, -0.25) is 4.57 Å². The fourth-order valence-corrected chi connectivity index (χ4v) is 3.74. The van der Waals surface area contributed by atoms with E-state index in [1.54, 1.807) is 12.1 Å². The Bertz CT molecular complexity index is 1430. The van der Waals surface area contributed by atoms with Crippen LogP contribution in [0.5, 0.6) is 0 Å². The van der Waals surface area contributed by atoms with Crippen LogP contribution in [0.2, 0.25) is 5.02 Å². The van der Waals surface area contributed by atoms with Gasteiger partial charge in [-0.2, -0.15) is 13.2 Å². The van der Waals surface area contributed by atoms with Crippen LogP contribution in [-0.2, 0) is 13.1 Å². The Morgan fingerprint density at radius 3 is 2.33 bits per heavy atom. The summed E-state index contributed by atoms with van der Waals surface area (Å²) in [5.74, 6) is 0.242. The average molecular weight is 523 g/mol. The molecule has 0 saturated carbocycles. The number of aliphatic hydroxyl groups excluding tert-OH is 2. The van der Waals surface area contributed by atoms with E-state index < -0.39 is 30.6 Å². The van der Waals surface area contributed by atoms with Gasteiger partial charge in [0.25, 0.3) is 0 Å². The van der Waals surface area contributed by atoms with Gasteiger partial charge >= 0.3 is 11.9 Å². The standard InChI is InChI=1S/C23H22ClF3N6O3/c1-13-5-3-4-6-17(13)33-20(14(2)34)28-19(29-33)12-32-22(36)31(11-18(35)23(25,26)27)21(30-32)15-7-9-16(24)10-8-15/h3-10,14,18,34-35H,11-12H2,1-2H3/t14?,18-/m0/s1. The molecule has 2 N–H and O–H groups in total. The van der Waals surface area contributed by atoms with Crippen molar-refractivity contribution >= 4 is 11.6 Å². The minimum Gasteiger partial charge on any atom is -0.385 e. The summed E-state index contributed by atoms with van der Waals surface area (Å²) in [5, 5.41) is 28.9. The summed E-state index contributed by atoms with van der Waals surface area (Å²) in [6.07, 6.45) is -8.70. The largest absolute Gasteiger partial charge is 0.416 e. The highest BCUT2D eigenvalue weighted by Crippen LogP contribution is 2.24. The molecule has 190 valence electrons. The molecule has 1 unspecified atom stereocenters. The zero-order chi connectivity index (χ0) is 26.2. The van der Waals surface area contributed by atoms with Gasteiger partial charge in [-0.15, -0.1) is 10.2 Å². The van der Waals surface area contributed by atoms with Crippen LogP contribution in [0, 0.1) is 6.92 Å². The molecule has 0 amide bonds. The van der Waals surface area contributed by atoms with Gasteiger partial charge in [0.2, 0.25) is 0 Å².